The predicted octanol–water partition coefficient (Wildman–Crippen LogP) is 3.32. The third kappa shape index (κ3) is 4.74. The standard InChI is InChI=1S/C25H31N5O2S/c1-16-6-5-7-18(14-16)26-23(31)17(2)30-12-10-29(11-13-30)15-21-27-24(32)22-19-8-3-4-9-20(19)33-25(22)28-21/h5-7,14,17H,3-4,8-13,15H2,1-2H3,(H,26,31)(H,27,28,32). The minimum atomic E-state index is -0.195. The van der Waals surface area contributed by atoms with Gasteiger partial charge in [-0.05, 0) is 62.8 Å². The number of aromatic nitrogens is 2. The number of H-pyrrole nitrogens is 1. The van der Waals surface area contributed by atoms with Gasteiger partial charge in [0.15, 0.2) is 0 Å². The molecule has 5 rings (SSSR count). The Kier molecular flexibility index (Phi) is 6.32. The second-order valence-electron chi connectivity index (χ2n) is 9.25. The van der Waals surface area contributed by atoms with Gasteiger partial charge in [-0.15, -0.1) is 11.3 Å². The number of amides is 1. The van der Waals surface area contributed by atoms with Gasteiger partial charge in [0.2, 0.25) is 5.91 Å². The van der Waals surface area contributed by atoms with Crippen molar-refractivity contribution in [3.05, 3.63) is 56.4 Å². The van der Waals surface area contributed by atoms with Crippen molar-refractivity contribution >= 4 is 33.1 Å². The first kappa shape index (κ1) is 22.3. The van der Waals surface area contributed by atoms with E-state index < -0.39 is 0 Å². The van der Waals surface area contributed by atoms with Gasteiger partial charge in [0.25, 0.3) is 5.56 Å². The molecule has 1 amide bonds. The summed E-state index contributed by atoms with van der Waals surface area (Å²) in [7, 11) is 0. The van der Waals surface area contributed by atoms with Crippen LogP contribution in [0.1, 0.15) is 41.6 Å². The maximum absolute atomic E-state index is 12.8. The molecule has 1 atom stereocenters. The number of carbonyl (C=O) groups excluding carboxylic acids is 1. The van der Waals surface area contributed by atoms with E-state index in [-0.39, 0.29) is 17.5 Å². The average molecular weight is 466 g/mol. The lowest BCUT2D eigenvalue weighted by atomic mass is 9.97. The van der Waals surface area contributed by atoms with Crippen molar-refractivity contribution in [2.75, 3.05) is 31.5 Å². The van der Waals surface area contributed by atoms with E-state index in [0.29, 0.717) is 6.54 Å². The first-order valence-electron chi connectivity index (χ1n) is 11.9. The highest BCUT2D eigenvalue weighted by molar-refractivity contribution is 7.18. The van der Waals surface area contributed by atoms with Crippen molar-refractivity contribution in [2.24, 2.45) is 0 Å². The van der Waals surface area contributed by atoms with Crippen LogP contribution in [0.15, 0.2) is 29.1 Å². The predicted molar refractivity (Wildman–Crippen MR) is 133 cm³/mol. The number of piperazine rings is 1. The molecule has 8 heteroatoms. The zero-order chi connectivity index (χ0) is 22.9. The number of hydrogen-bond acceptors (Lipinski definition) is 6. The Balaban J connectivity index is 1.19. The molecule has 0 bridgehead atoms. The van der Waals surface area contributed by atoms with Gasteiger partial charge in [-0.3, -0.25) is 19.4 Å². The molecule has 1 aliphatic carbocycles. The number of anilines is 1. The Morgan fingerprint density at radius 1 is 1.21 bits per heavy atom. The molecule has 1 unspecified atom stereocenters. The molecule has 3 aromatic rings. The van der Waals surface area contributed by atoms with E-state index >= 15 is 0 Å². The molecular formula is C25H31N5O2S. The van der Waals surface area contributed by atoms with Crippen molar-refractivity contribution < 1.29 is 4.79 Å². The zero-order valence-corrected chi connectivity index (χ0v) is 20.1. The number of rotatable bonds is 5. The van der Waals surface area contributed by atoms with Gasteiger partial charge >= 0.3 is 0 Å². The number of carbonyl (C=O) groups is 1. The van der Waals surface area contributed by atoms with Gasteiger partial charge in [0.05, 0.1) is 18.0 Å². The Hall–Kier alpha value is -2.55. The molecule has 0 saturated carbocycles. The van der Waals surface area contributed by atoms with Crippen molar-refractivity contribution in [2.45, 2.75) is 52.1 Å². The molecule has 3 heterocycles. The van der Waals surface area contributed by atoms with Gasteiger partial charge in [0, 0.05) is 36.7 Å². The molecule has 1 saturated heterocycles. The van der Waals surface area contributed by atoms with Crippen molar-refractivity contribution in [1.29, 1.82) is 0 Å². The highest BCUT2D eigenvalue weighted by Crippen LogP contribution is 2.33. The van der Waals surface area contributed by atoms with Gasteiger partial charge in [-0.25, -0.2) is 4.98 Å². The number of benzene rings is 1. The van der Waals surface area contributed by atoms with Crippen LogP contribution in [0.3, 0.4) is 0 Å². The number of thiophene rings is 1. The Morgan fingerprint density at radius 3 is 2.79 bits per heavy atom. The van der Waals surface area contributed by atoms with Crippen molar-refractivity contribution in [3.63, 3.8) is 0 Å². The molecule has 174 valence electrons. The van der Waals surface area contributed by atoms with Crippen molar-refractivity contribution in [3.8, 4) is 0 Å². The third-order valence-electron chi connectivity index (χ3n) is 6.87. The van der Waals surface area contributed by atoms with Crippen LogP contribution in [0, 0.1) is 6.92 Å². The number of nitrogens with one attached hydrogen (secondary N) is 2. The summed E-state index contributed by atoms with van der Waals surface area (Å²) < 4.78 is 0. The number of aryl methyl sites for hydroxylation is 3. The molecule has 1 aromatic carbocycles. The summed E-state index contributed by atoms with van der Waals surface area (Å²) in [6.07, 6.45) is 4.43. The lowest BCUT2D eigenvalue weighted by Gasteiger charge is -2.37. The van der Waals surface area contributed by atoms with Crippen LogP contribution < -0.4 is 10.9 Å². The Bertz CT molecular complexity index is 1230. The summed E-state index contributed by atoms with van der Waals surface area (Å²) in [5.41, 5.74) is 3.20. The monoisotopic (exact) mass is 465 g/mol. The van der Waals surface area contributed by atoms with Crippen LogP contribution in [-0.2, 0) is 24.2 Å². The van der Waals surface area contributed by atoms with Crippen LogP contribution in [-0.4, -0.2) is 57.9 Å². The molecule has 33 heavy (non-hydrogen) atoms. The highest BCUT2D eigenvalue weighted by Gasteiger charge is 2.26. The number of aromatic amines is 1. The summed E-state index contributed by atoms with van der Waals surface area (Å²) in [6.45, 7) is 7.91. The SMILES string of the molecule is Cc1cccc(NC(=O)C(C)N2CCN(Cc3nc4sc5c(c4c(=O)[nH]3)CCCC5)CC2)c1. The Labute approximate surface area is 197 Å². The summed E-state index contributed by atoms with van der Waals surface area (Å²) >= 11 is 1.70. The molecule has 1 aliphatic heterocycles. The molecule has 1 fully saturated rings. The summed E-state index contributed by atoms with van der Waals surface area (Å²) in [5, 5.41) is 3.85. The minimum absolute atomic E-state index is 0.00878. The molecular weight excluding hydrogens is 434 g/mol. The first-order valence-corrected chi connectivity index (χ1v) is 12.7. The van der Waals surface area contributed by atoms with Gasteiger partial charge in [-0.2, -0.15) is 0 Å². The second kappa shape index (κ2) is 9.37. The third-order valence-corrected chi connectivity index (χ3v) is 8.05. The molecule has 7 nitrogen and oxygen atoms in total. The van der Waals surface area contributed by atoms with Crippen LogP contribution >= 0.6 is 11.3 Å². The first-order chi connectivity index (χ1) is 16.0. The largest absolute Gasteiger partial charge is 0.325 e. The average Bonchev–Trinajstić information content (AvgIpc) is 3.18. The fourth-order valence-corrected chi connectivity index (χ4v) is 6.22. The molecule has 2 aliphatic rings. The number of nitrogens with zero attached hydrogens (tertiary/aromatic N) is 3. The van der Waals surface area contributed by atoms with E-state index in [9.17, 15) is 9.59 Å². The maximum Gasteiger partial charge on any atom is 0.259 e. The van der Waals surface area contributed by atoms with E-state index in [1.807, 2.05) is 38.1 Å². The van der Waals surface area contributed by atoms with Gasteiger partial charge in [-0.1, -0.05) is 12.1 Å². The highest BCUT2D eigenvalue weighted by atomic mass is 32.1. The molecule has 2 N–H and O–H groups in total. The van der Waals surface area contributed by atoms with Crippen molar-refractivity contribution in [1.82, 2.24) is 19.8 Å². The second-order valence-corrected chi connectivity index (χ2v) is 10.3. The quantitative estimate of drug-likeness (QED) is 0.604. The number of hydrogen-bond donors (Lipinski definition) is 2. The topological polar surface area (TPSA) is 81.3 Å². The van der Waals surface area contributed by atoms with Gasteiger partial charge < -0.3 is 10.3 Å². The summed E-state index contributed by atoms with van der Waals surface area (Å²) in [5.74, 6) is 0.761. The van der Waals surface area contributed by atoms with Crippen LogP contribution in [0.25, 0.3) is 10.2 Å². The Morgan fingerprint density at radius 2 is 2.00 bits per heavy atom. The molecule has 0 radical (unpaired) electrons. The van der Waals surface area contributed by atoms with E-state index in [1.54, 1.807) is 11.3 Å². The van der Waals surface area contributed by atoms with Crippen LogP contribution in [0.5, 0.6) is 0 Å². The van der Waals surface area contributed by atoms with E-state index in [4.69, 9.17) is 4.98 Å². The van der Waals surface area contributed by atoms with E-state index in [2.05, 4.69) is 20.1 Å². The zero-order valence-electron chi connectivity index (χ0n) is 19.3. The minimum Gasteiger partial charge on any atom is -0.325 e. The van der Waals surface area contributed by atoms with Crippen LogP contribution in [0.4, 0.5) is 5.69 Å². The molecule has 2 aromatic heterocycles. The summed E-state index contributed by atoms with van der Waals surface area (Å²) in [6, 6.07) is 7.68. The van der Waals surface area contributed by atoms with E-state index in [1.165, 1.54) is 16.9 Å². The number of fused-ring (bicyclic) bond motifs is 3. The smallest absolute Gasteiger partial charge is 0.259 e. The molecule has 0 spiro atoms. The van der Waals surface area contributed by atoms with Crippen LogP contribution in [0.2, 0.25) is 0 Å². The lowest BCUT2D eigenvalue weighted by Crippen LogP contribution is -2.52. The van der Waals surface area contributed by atoms with Gasteiger partial charge in [0.1, 0.15) is 10.7 Å². The maximum atomic E-state index is 12.8. The van der Waals surface area contributed by atoms with E-state index in [0.717, 1.165) is 72.7 Å². The fraction of sp³-hybridized carbons (Fsp3) is 0.480. The fourth-order valence-electron chi connectivity index (χ4n) is 4.94. The lowest BCUT2D eigenvalue weighted by molar-refractivity contribution is -0.121. The normalized spacial score (nSPS) is 18.2. The summed E-state index contributed by atoms with van der Waals surface area (Å²) in [4.78, 5) is 40.1.